The summed E-state index contributed by atoms with van der Waals surface area (Å²) in [6.07, 6.45) is 2.48. The monoisotopic (exact) mass is 707 g/mol. The molecule has 0 spiro atoms. The minimum Gasteiger partial charge on any atom is -0.476 e. The molecule has 0 unspecified atom stereocenters. The molecule has 4 aromatic rings. The average molecular weight is 708 g/mol. The highest BCUT2D eigenvalue weighted by atomic mass is 32.2. The fourth-order valence-electron chi connectivity index (χ4n) is 4.63. The maximum atomic E-state index is 13.7. The van der Waals surface area contributed by atoms with Gasteiger partial charge in [0.25, 0.3) is 10.0 Å². The minimum absolute atomic E-state index is 0.0719. The van der Waals surface area contributed by atoms with Crippen LogP contribution in [0, 0.1) is 11.4 Å². The lowest BCUT2D eigenvalue weighted by atomic mass is 9.94. The number of unbranched alkanes of at least 4 members (excludes halogenated alkanes) is 3. The van der Waals surface area contributed by atoms with Crippen molar-refractivity contribution in [2.45, 2.75) is 76.6 Å². The lowest BCUT2D eigenvalue weighted by Crippen LogP contribution is -2.37. The van der Waals surface area contributed by atoms with Gasteiger partial charge in [-0.15, -0.1) is 5.10 Å². The van der Waals surface area contributed by atoms with Crippen LogP contribution in [-0.4, -0.2) is 69.7 Å². The summed E-state index contributed by atoms with van der Waals surface area (Å²) >= 11 is 0. The van der Waals surface area contributed by atoms with Gasteiger partial charge in [0.15, 0.2) is 16.7 Å². The molecule has 3 N–H and O–H groups in total. The van der Waals surface area contributed by atoms with E-state index < -0.39 is 44.8 Å². The van der Waals surface area contributed by atoms with Crippen molar-refractivity contribution in [2.75, 3.05) is 24.4 Å². The van der Waals surface area contributed by atoms with Crippen molar-refractivity contribution in [1.29, 1.82) is 0 Å². The van der Waals surface area contributed by atoms with Gasteiger partial charge in [0.1, 0.15) is 12.3 Å². The summed E-state index contributed by atoms with van der Waals surface area (Å²) in [4.78, 5) is 12.5. The summed E-state index contributed by atoms with van der Waals surface area (Å²) in [5.41, 5.74) is -1.11. The molecule has 1 aromatic carbocycles. The van der Waals surface area contributed by atoms with E-state index in [1.54, 1.807) is 19.9 Å². The van der Waals surface area contributed by atoms with E-state index >= 15 is 0 Å². The fourth-order valence-corrected chi connectivity index (χ4v) is 5.57. The summed E-state index contributed by atoms with van der Waals surface area (Å²) in [5.74, 6) is -1.05. The number of hydrogen-bond donors (Lipinski definition) is 3. The first kappa shape index (κ1) is 37.7. The van der Waals surface area contributed by atoms with E-state index in [1.807, 2.05) is 18.2 Å². The summed E-state index contributed by atoms with van der Waals surface area (Å²) in [7, 11) is -4.34. The molecule has 16 heteroatoms. The molecule has 0 aliphatic heterocycles. The van der Waals surface area contributed by atoms with Gasteiger partial charge in [0, 0.05) is 24.4 Å². The Morgan fingerprint density at radius 2 is 1.67 bits per heavy atom. The number of halogens is 4. The number of anilines is 1. The van der Waals surface area contributed by atoms with E-state index in [9.17, 15) is 31.1 Å². The molecule has 0 fully saturated rings. The van der Waals surface area contributed by atoms with Crippen LogP contribution in [0.15, 0.2) is 66.0 Å². The molecular weight excluding hydrogens is 666 g/mol. The second-order valence-electron chi connectivity index (χ2n) is 12.9. The Morgan fingerprint density at radius 3 is 2.39 bits per heavy atom. The Balaban J connectivity index is 1.60. The van der Waals surface area contributed by atoms with Crippen molar-refractivity contribution in [1.82, 2.24) is 30.0 Å². The Morgan fingerprint density at radius 1 is 0.939 bits per heavy atom. The predicted octanol–water partition coefficient (Wildman–Crippen LogP) is 6.09. The summed E-state index contributed by atoms with van der Waals surface area (Å²) in [6.45, 7) is 6.18. The third kappa shape index (κ3) is 10.7. The number of aromatic nitrogens is 5. The first-order chi connectivity index (χ1) is 23.0. The summed E-state index contributed by atoms with van der Waals surface area (Å²) in [5, 5.41) is 16.8. The van der Waals surface area contributed by atoms with Crippen molar-refractivity contribution in [3.05, 3.63) is 72.4 Å². The SMILES string of the molecule is CC(C)(O)CNCCCCCCc1ccccc1-c1nc(NS(=O)(=O)c2cccc(F)n2)cnc1-n1ccc(OCC(C)(C)C(F)(F)F)n1. The third-order valence-corrected chi connectivity index (χ3v) is 8.72. The Bertz CT molecular complexity index is 1810. The molecule has 0 saturated heterocycles. The van der Waals surface area contributed by atoms with Crippen LogP contribution in [0.25, 0.3) is 17.1 Å². The number of alkyl halides is 3. The quantitative estimate of drug-likeness (QED) is 0.0674. The predicted molar refractivity (Wildman–Crippen MR) is 176 cm³/mol. The van der Waals surface area contributed by atoms with Gasteiger partial charge in [-0.25, -0.2) is 19.6 Å². The molecule has 0 atom stereocenters. The number of ether oxygens (including phenoxy) is 1. The van der Waals surface area contributed by atoms with E-state index in [1.165, 1.54) is 23.0 Å². The molecule has 49 heavy (non-hydrogen) atoms. The highest BCUT2D eigenvalue weighted by Crippen LogP contribution is 2.38. The lowest BCUT2D eigenvalue weighted by molar-refractivity contribution is -0.219. The third-order valence-electron chi connectivity index (χ3n) is 7.47. The highest BCUT2D eigenvalue weighted by Gasteiger charge is 2.48. The molecule has 0 aliphatic rings. The maximum absolute atomic E-state index is 13.7. The van der Waals surface area contributed by atoms with E-state index in [4.69, 9.17) is 4.74 Å². The first-order valence-electron chi connectivity index (χ1n) is 15.7. The molecular formula is C33H41F4N7O4S. The van der Waals surface area contributed by atoms with E-state index in [2.05, 4.69) is 30.1 Å². The fraction of sp³-hybridized carbons (Fsp3) is 0.455. The van der Waals surface area contributed by atoms with Gasteiger partial charge >= 0.3 is 6.18 Å². The van der Waals surface area contributed by atoms with Gasteiger partial charge in [-0.1, -0.05) is 43.2 Å². The number of aryl methyl sites for hydroxylation is 1. The number of hydrogen-bond acceptors (Lipinski definition) is 9. The van der Waals surface area contributed by atoms with Gasteiger partial charge in [-0.05, 0) is 71.2 Å². The summed E-state index contributed by atoms with van der Waals surface area (Å²) in [6, 6.07) is 12.2. The molecule has 0 radical (unpaired) electrons. The zero-order chi connectivity index (χ0) is 35.9. The number of sulfonamides is 1. The minimum atomic E-state index is -4.49. The van der Waals surface area contributed by atoms with Crippen LogP contribution < -0.4 is 14.8 Å². The van der Waals surface area contributed by atoms with Crippen molar-refractivity contribution < 1.29 is 35.8 Å². The Kier molecular flexibility index (Phi) is 12.0. The molecule has 0 bridgehead atoms. The van der Waals surface area contributed by atoms with Gasteiger partial charge in [0.05, 0.1) is 17.2 Å². The van der Waals surface area contributed by atoms with Gasteiger partial charge < -0.3 is 15.2 Å². The zero-order valence-electron chi connectivity index (χ0n) is 27.8. The van der Waals surface area contributed by atoms with Gasteiger partial charge in [0.2, 0.25) is 11.8 Å². The average Bonchev–Trinajstić information content (AvgIpc) is 3.49. The lowest BCUT2D eigenvalue weighted by Gasteiger charge is -2.26. The Hall–Kier alpha value is -4.15. The molecule has 0 amide bonds. The van der Waals surface area contributed by atoms with Crippen LogP contribution in [0.5, 0.6) is 5.88 Å². The number of aliphatic hydroxyl groups is 1. The van der Waals surface area contributed by atoms with Gasteiger partial charge in [-0.3, -0.25) is 4.72 Å². The summed E-state index contributed by atoms with van der Waals surface area (Å²) < 4.78 is 88.9. The second kappa shape index (κ2) is 15.6. The van der Waals surface area contributed by atoms with E-state index in [0.717, 1.165) is 70.0 Å². The maximum Gasteiger partial charge on any atom is 0.397 e. The van der Waals surface area contributed by atoms with Crippen LogP contribution in [0.3, 0.4) is 0 Å². The van der Waals surface area contributed by atoms with Crippen molar-refractivity contribution in [3.63, 3.8) is 0 Å². The van der Waals surface area contributed by atoms with Crippen molar-refractivity contribution in [2.24, 2.45) is 5.41 Å². The number of rotatable bonds is 17. The topological polar surface area (TPSA) is 144 Å². The standard InChI is InChI=1S/C33H41F4N7O4S/c1-31(2,33(35,36)37)22-48-27-17-19-44(42-27)30-29(41-26(20-39-30)43-49(46,47)28-16-11-15-25(34)40-28)24-14-9-8-13-23(24)12-7-5-6-10-18-38-21-32(3,4)45/h8-9,11,13-17,19-20,38,45H,5-7,10,12,18,21-22H2,1-4H3,(H,41,43). The molecule has 0 saturated carbocycles. The molecule has 266 valence electrons. The second-order valence-corrected chi connectivity index (χ2v) is 14.5. The van der Waals surface area contributed by atoms with Crippen LogP contribution in [0.4, 0.5) is 23.4 Å². The molecule has 3 aromatic heterocycles. The number of pyridine rings is 1. The number of nitrogens with one attached hydrogen (secondary N) is 2. The number of benzene rings is 1. The van der Waals surface area contributed by atoms with Crippen molar-refractivity contribution in [3.8, 4) is 23.0 Å². The van der Waals surface area contributed by atoms with Crippen LogP contribution in [0.1, 0.15) is 58.9 Å². The van der Waals surface area contributed by atoms with E-state index in [-0.39, 0.29) is 23.2 Å². The van der Waals surface area contributed by atoms with Crippen LogP contribution >= 0.6 is 0 Å². The molecule has 11 nitrogen and oxygen atoms in total. The van der Waals surface area contributed by atoms with Gasteiger partial charge in [-0.2, -0.15) is 26.0 Å². The first-order valence-corrected chi connectivity index (χ1v) is 17.2. The largest absolute Gasteiger partial charge is 0.476 e. The molecule has 3 heterocycles. The van der Waals surface area contributed by atoms with Crippen LogP contribution in [0.2, 0.25) is 0 Å². The highest BCUT2D eigenvalue weighted by molar-refractivity contribution is 7.92. The zero-order valence-corrected chi connectivity index (χ0v) is 28.6. The van der Waals surface area contributed by atoms with E-state index in [0.29, 0.717) is 18.5 Å². The normalized spacial score (nSPS) is 12.7. The molecule has 4 rings (SSSR count). The van der Waals surface area contributed by atoms with Crippen molar-refractivity contribution >= 4 is 15.8 Å². The van der Waals surface area contributed by atoms with Crippen LogP contribution in [-0.2, 0) is 16.4 Å². The molecule has 0 aliphatic carbocycles. The number of nitrogens with zero attached hydrogens (tertiary/aromatic N) is 5. The smallest absolute Gasteiger partial charge is 0.397 e. The Labute approximate surface area is 283 Å².